The van der Waals surface area contributed by atoms with Crippen LogP contribution in [-0.4, -0.2) is 4.99 Å². The number of hydrogen-bond donors (Lipinski definition) is 1. The van der Waals surface area contributed by atoms with Crippen LogP contribution in [0.1, 0.15) is 11.1 Å². The van der Waals surface area contributed by atoms with Crippen LogP contribution in [0.2, 0.25) is 5.02 Å². The zero-order chi connectivity index (χ0) is 14.7. The van der Waals surface area contributed by atoms with E-state index in [2.05, 4.69) is 15.9 Å². The quantitative estimate of drug-likeness (QED) is 0.803. The molecule has 0 radical (unpaired) electrons. The molecule has 2 aromatic carbocycles. The van der Waals surface area contributed by atoms with Crippen LogP contribution in [-0.2, 0) is 6.61 Å². The fourth-order valence-electron chi connectivity index (χ4n) is 1.64. The van der Waals surface area contributed by atoms with Crippen LogP contribution in [0.25, 0.3) is 0 Å². The van der Waals surface area contributed by atoms with Crippen LogP contribution >= 0.6 is 39.7 Å². The molecule has 0 aliphatic carbocycles. The number of nitrogens with two attached hydrogens (primary N) is 1. The molecule has 0 aromatic heterocycles. The van der Waals surface area contributed by atoms with Crippen LogP contribution < -0.4 is 10.5 Å². The molecule has 2 nitrogen and oxygen atoms in total. The minimum Gasteiger partial charge on any atom is -0.488 e. The van der Waals surface area contributed by atoms with Gasteiger partial charge >= 0.3 is 0 Å². The van der Waals surface area contributed by atoms with Crippen LogP contribution in [0.5, 0.6) is 5.75 Å². The van der Waals surface area contributed by atoms with E-state index in [1.807, 2.05) is 0 Å². The highest BCUT2D eigenvalue weighted by atomic mass is 79.9. The van der Waals surface area contributed by atoms with E-state index in [4.69, 9.17) is 34.3 Å². The second-order valence-corrected chi connectivity index (χ2v) is 5.76. The van der Waals surface area contributed by atoms with Crippen molar-refractivity contribution in [2.45, 2.75) is 6.61 Å². The molecule has 0 amide bonds. The first kappa shape index (κ1) is 15.2. The lowest BCUT2D eigenvalue weighted by Crippen LogP contribution is -2.12. The number of ether oxygens (including phenoxy) is 1. The first-order valence-electron chi connectivity index (χ1n) is 5.64. The van der Waals surface area contributed by atoms with Crippen molar-refractivity contribution >= 4 is 44.7 Å². The average Bonchev–Trinajstić information content (AvgIpc) is 2.39. The second-order valence-electron chi connectivity index (χ2n) is 3.99. The van der Waals surface area contributed by atoms with E-state index in [1.165, 1.54) is 6.07 Å². The standard InChI is InChI=1S/C14H10BrClFNOS/c15-8-4-5-13(9(6-8)14(18)20)19-7-10-11(16)2-1-3-12(10)17/h1-6H,7H2,(H2,18,20). The molecule has 0 saturated heterocycles. The summed E-state index contributed by atoms with van der Waals surface area (Å²) in [6, 6.07) is 9.75. The smallest absolute Gasteiger partial charge is 0.131 e. The number of benzene rings is 2. The summed E-state index contributed by atoms with van der Waals surface area (Å²) in [5.41, 5.74) is 6.52. The maximum absolute atomic E-state index is 13.7. The number of rotatable bonds is 4. The molecule has 0 spiro atoms. The third kappa shape index (κ3) is 3.48. The highest BCUT2D eigenvalue weighted by Crippen LogP contribution is 2.26. The van der Waals surface area contributed by atoms with Crippen molar-refractivity contribution in [1.82, 2.24) is 0 Å². The summed E-state index contributed by atoms with van der Waals surface area (Å²) < 4.78 is 20.1. The number of thiocarbonyl (C=S) groups is 1. The van der Waals surface area contributed by atoms with E-state index < -0.39 is 5.82 Å². The molecule has 2 aromatic rings. The molecule has 104 valence electrons. The van der Waals surface area contributed by atoms with E-state index in [1.54, 1.807) is 30.3 Å². The zero-order valence-corrected chi connectivity index (χ0v) is 13.4. The van der Waals surface area contributed by atoms with Gasteiger partial charge in [0.05, 0.1) is 10.6 Å². The Labute approximate surface area is 134 Å². The van der Waals surface area contributed by atoms with Crippen molar-refractivity contribution in [2.75, 3.05) is 0 Å². The average molecular weight is 375 g/mol. The van der Waals surface area contributed by atoms with Crippen LogP contribution in [0.15, 0.2) is 40.9 Å². The number of hydrogen-bond acceptors (Lipinski definition) is 2. The lowest BCUT2D eigenvalue weighted by atomic mass is 10.2. The van der Waals surface area contributed by atoms with Crippen LogP contribution in [0.4, 0.5) is 4.39 Å². The van der Waals surface area contributed by atoms with Gasteiger partial charge in [0.15, 0.2) is 0 Å². The van der Waals surface area contributed by atoms with Crippen molar-refractivity contribution in [3.05, 3.63) is 62.8 Å². The fraction of sp³-hybridized carbons (Fsp3) is 0.0714. The van der Waals surface area contributed by atoms with Gasteiger partial charge in [0.1, 0.15) is 23.2 Å². The largest absolute Gasteiger partial charge is 0.488 e. The second kappa shape index (κ2) is 6.52. The van der Waals surface area contributed by atoms with Gasteiger partial charge in [-0.25, -0.2) is 4.39 Å². The Balaban J connectivity index is 2.25. The molecule has 0 saturated carbocycles. The molecule has 0 atom stereocenters. The Kier molecular flexibility index (Phi) is 4.96. The Morgan fingerprint density at radius 3 is 2.75 bits per heavy atom. The van der Waals surface area contributed by atoms with Gasteiger partial charge in [0.2, 0.25) is 0 Å². The Hall–Kier alpha value is -1.17. The molecular weight excluding hydrogens is 365 g/mol. The van der Waals surface area contributed by atoms with E-state index in [0.717, 1.165) is 4.47 Å². The summed E-state index contributed by atoms with van der Waals surface area (Å²) in [6.07, 6.45) is 0. The van der Waals surface area contributed by atoms with E-state index in [-0.39, 0.29) is 11.6 Å². The summed E-state index contributed by atoms with van der Waals surface area (Å²) in [5.74, 6) is 0.0755. The van der Waals surface area contributed by atoms with Gasteiger partial charge in [-0.05, 0) is 30.3 Å². The highest BCUT2D eigenvalue weighted by Gasteiger charge is 2.11. The van der Waals surface area contributed by atoms with Gasteiger partial charge in [-0.2, -0.15) is 0 Å². The van der Waals surface area contributed by atoms with Gasteiger partial charge in [0, 0.05) is 10.0 Å². The summed E-state index contributed by atoms with van der Waals surface area (Å²) in [5, 5.41) is 0.319. The molecule has 2 rings (SSSR count). The molecule has 6 heteroatoms. The Morgan fingerprint density at radius 2 is 2.10 bits per heavy atom. The molecule has 0 fully saturated rings. The third-order valence-electron chi connectivity index (χ3n) is 2.64. The van der Waals surface area contributed by atoms with Crippen LogP contribution in [0.3, 0.4) is 0 Å². The van der Waals surface area contributed by atoms with Gasteiger partial charge in [-0.15, -0.1) is 0 Å². The summed E-state index contributed by atoms with van der Waals surface area (Å²) in [6.45, 7) is 0.00273. The van der Waals surface area contributed by atoms with Gasteiger partial charge in [-0.3, -0.25) is 0 Å². The first-order chi connectivity index (χ1) is 9.49. The zero-order valence-electron chi connectivity index (χ0n) is 10.2. The molecule has 0 unspecified atom stereocenters. The third-order valence-corrected chi connectivity index (χ3v) is 3.71. The topological polar surface area (TPSA) is 35.2 Å². The van der Waals surface area contributed by atoms with E-state index >= 15 is 0 Å². The molecule has 20 heavy (non-hydrogen) atoms. The predicted molar refractivity (Wildman–Crippen MR) is 85.8 cm³/mol. The van der Waals surface area contributed by atoms with Gasteiger partial charge < -0.3 is 10.5 Å². The van der Waals surface area contributed by atoms with E-state index in [0.29, 0.717) is 21.9 Å². The van der Waals surface area contributed by atoms with Crippen LogP contribution in [0, 0.1) is 5.82 Å². The minimum absolute atomic E-state index is 0.00273. The molecule has 0 bridgehead atoms. The highest BCUT2D eigenvalue weighted by molar-refractivity contribution is 9.10. The summed E-state index contributed by atoms with van der Waals surface area (Å²) >= 11 is 14.2. The molecule has 0 heterocycles. The molecule has 0 aliphatic heterocycles. The van der Waals surface area contributed by atoms with Crippen molar-refractivity contribution in [1.29, 1.82) is 0 Å². The SMILES string of the molecule is NC(=S)c1cc(Br)ccc1OCc1c(F)cccc1Cl. The minimum atomic E-state index is -0.411. The van der Waals surface area contributed by atoms with Crippen molar-refractivity contribution in [2.24, 2.45) is 5.73 Å². The van der Waals surface area contributed by atoms with Gasteiger partial charge in [0.25, 0.3) is 0 Å². The first-order valence-corrected chi connectivity index (χ1v) is 7.22. The molecule has 0 aliphatic rings. The van der Waals surface area contributed by atoms with E-state index in [9.17, 15) is 4.39 Å². The van der Waals surface area contributed by atoms with Crippen molar-refractivity contribution in [3.63, 3.8) is 0 Å². The Morgan fingerprint density at radius 1 is 1.35 bits per heavy atom. The maximum Gasteiger partial charge on any atom is 0.131 e. The molecular formula is C14H10BrClFNOS. The summed E-state index contributed by atoms with van der Waals surface area (Å²) in [4.78, 5) is 0.209. The normalized spacial score (nSPS) is 10.3. The molecule has 2 N–H and O–H groups in total. The number of halogens is 3. The fourth-order valence-corrected chi connectivity index (χ4v) is 2.38. The van der Waals surface area contributed by atoms with Crippen molar-refractivity contribution < 1.29 is 9.13 Å². The lowest BCUT2D eigenvalue weighted by Gasteiger charge is -2.12. The lowest BCUT2D eigenvalue weighted by molar-refractivity contribution is 0.299. The van der Waals surface area contributed by atoms with Gasteiger partial charge in [-0.1, -0.05) is 45.8 Å². The van der Waals surface area contributed by atoms with Crippen molar-refractivity contribution in [3.8, 4) is 5.75 Å². The maximum atomic E-state index is 13.7. The predicted octanol–water partition coefficient (Wildman–Crippen LogP) is 4.45. The Bertz CT molecular complexity index is 645. The monoisotopic (exact) mass is 373 g/mol. The summed E-state index contributed by atoms with van der Waals surface area (Å²) in [7, 11) is 0.